The zero-order valence-corrected chi connectivity index (χ0v) is 19.4. The molecule has 0 aliphatic heterocycles. The molecule has 3 aromatic carbocycles. The Balaban J connectivity index is 1.66. The number of sulfonamides is 1. The van der Waals surface area contributed by atoms with Gasteiger partial charge in [-0.05, 0) is 74.1 Å². The molecule has 7 nitrogen and oxygen atoms in total. The lowest BCUT2D eigenvalue weighted by molar-refractivity contribution is 0.0974. The highest BCUT2D eigenvalue weighted by atomic mass is 32.2. The summed E-state index contributed by atoms with van der Waals surface area (Å²) < 4.78 is 33.2. The summed E-state index contributed by atoms with van der Waals surface area (Å²) in [5.74, 6) is 0.00971. The van der Waals surface area contributed by atoms with Gasteiger partial charge in [-0.3, -0.25) is 14.8 Å². The van der Waals surface area contributed by atoms with Gasteiger partial charge < -0.3 is 10.1 Å². The summed E-state index contributed by atoms with van der Waals surface area (Å²) >= 11 is 5.20. The van der Waals surface area contributed by atoms with Crippen LogP contribution in [0.3, 0.4) is 0 Å². The van der Waals surface area contributed by atoms with Crippen LogP contribution in [0, 0.1) is 13.8 Å². The standard InChI is InChI=1S/C23H23N3O4S2/c1-15-8-13-20(16(2)14-15)26-32(28,29)18-11-9-17(10-12-18)24-23(31)25-22(27)19-6-4-5-7-21(19)30-3/h4-14,26H,1-3H3,(H2,24,25,27,31). The Kier molecular flexibility index (Phi) is 7.12. The monoisotopic (exact) mass is 469 g/mol. The van der Waals surface area contributed by atoms with E-state index in [0.717, 1.165) is 11.1 Å². The highest BCUT2D eigenvalue weighted by molar-refractivity contribution is 7.92. The van der Waals surface area contributed by atoms with Crippen molar-refractivity contribution in [1.29, 1.82) is 0 Å². The molecule has 3 aromatic rings. The average Bonchev–Trinajstić information content (AvgIpc) is 2.76. The molecule has 3 rings (SSSR count). The summed E-state index contributed by atoms with van der Waals surface area (Å²) in [5.41, 5.74) is 3.29. The summed E-state index contributed by atoms with van der Waals surface area (Å²) in [6.07, 6.45) is 0. The number of aryl methyl sites for hydroxylation is 2. The van der Waals surface area contributed by atoms with Crippen LogP contribution in [-0.2, 0) is 10.0 Å². The van der Waals surface area contributed by atoms with Crippen molar-refractivity contribution >= 4 is 44.6 Å². The number of carbonyl (C=O) groups is 1. The fraction of sp³-hybridized carbons (Fsp3) is 0.130. The Hall–Kier alpha value is -3.43. The summed E-state index contributed by atoms with van der Waals surface area (Å²) in [7, 11) is -2.27. The molecule has 0 bridgehead atoms. The molecule has 0 spiro atoms. The lowest BCUT2D eigenvalue weighted by Gasteiger charge is -2.13. The van der Waals surface area contributed by atoms with Gasteiger partial charge in [0.2, 0.25) is 0 Å². The molecular weight excluding hydrogens is 446 g/mol. The number of thiocarbonyl (C=S) groups is 1. The van der Waals surface area contributed by atoms with Crippen LogP contribution < -0.4 is 20.1 Å². The van der Waals surface area contributed by atoms with Gasteiger partial charge in [-0.15, -0.1) is 0 Å². The van der Waals surface area contributed by atoms with Crippen molar-refractivity contribution in [1.82, 2.24) is 5.32 Å². The van der Waals surface area contributed by atoms with E-state index in [1.807, 2.05) is 26.0 Å². The number of hydrogen-bond acceptors (Lipinski definition) is 5. The molecule has 3 N–H and O–H groups in total. The van der Waals surface area contributed by atoms with Crippen LogP contribution in [0.1, 0.15) is 21.5 Å². The number of methoxy groups -OCH3 is 1. The quantitative estimate of drug-likeness (QED) is 0.468. The molecule has 0 unspecified atom stereocenters. The minimum atomic E-state index is -3.75. The van der Waals surface area contributed by atoms with Crippen LogP contribution >= 0.6 is 12.2 Å². The molecule has 0 aliphatic rings. The maximum atomic E-state index is 12.7. The Labute approximate surface area is 192 Å². The lowest BCUT2D eigenvalue weighted by atomic mass is 10.1. The maximum absolute atomic E-state index is 12.7. The molecule has 0 aliphatic carbocycles. The van der Waals surface area contributed by atoms with Gasteiger partial charge in [0, 0.05) is 5.69 Å². The molecule has 0 atom stereocenters. The number of benzene rings is 3. The predicted molar refractivity (Wildman–Crippen MR) is 130 cm³/mol. The summed E-state index contributed by atoms with van der Waals surface area (Å²) in [6, 6.07) is 18.3. The first-order valence-electron chi connectivity index (χ1n) is 9.65. The SMILES string of the molecule is COc1ccccc1C(=O)NC(=S)Nc1ccc(S(=O)(=O)Nc2ccc(C)cc2C)cc1. The Morgan fingerprint density at radius 2 is 1.66 bits per heavy atom. The van der Waals surface area contributed by atoms with Gasteiger partial charge in [-0.1, -0.05) is 29.8 Å². The molecule has 0 radical (unpaired) electrons. The minimum Gasteiger partial charge on any atom is -0.496 e. The average molecular weight is 470 g/mol. The molecular formula is C23H23N3O4S2. The van der Waals surface area contributed by atoms with Crippen molar-refractivity contribution in [3.63, 3.8) is 0 Å². The lowest BCUT2D eigenvalue weighted by Crippen LogP contribution is -2.34. The van der Waals surface area contributed by atoms with E-state index in [2.05, 4.69) is 15.4 Å². The summed E-state index contributed by atoms with van der Waals surface area (Å²) in [5, 5.41) is 5.52. The van der Waals surface area contributed by atoms with E-state index >= 15 is 0 Å². The van der Waals surface area contributed by atoms with Gasteiger partial charge in [-0.2, -0.15) is 0 Å². The van der Waals surface area contributed by atoms with Gasteiger partial charge in [0.25, 0.3) is 15.9 Å². The highest BCUT2D eigenvalue weighted by Crippen LogP contribution is 2.22. The van der Waals surface area contributed by atoms with E-state index in [1.165, 1.54) is 19.2 Å². The van der Waals surface area contributed by atoms with Gasteiger partial charge in [0.15, 0.2) is 5.11 Å². The van der Waals surface area contributed by atoms with E-state index in [4.69, 9.17) is 17.0 Å². The Bertz CT molecular complexity index is 1260. The summed E-state index contributed by atoms with van der Waals surface area (Å²) in [6.45, 7) is 3.79. The smallest absolute Gasteiger partial charge is 0.261 e. The number of rotatable bonds is 6. The first-order valence-corrected chi connectivity index (χ1v) is 11.5. The van der Waals surface area contributed by atoms with Crippen molar-refractivity contribution in [2.45, 2.75) is 18.7 Å². The molecule has 1 amide bonds. The van der Waals surface area contributed by atoms with E-state index < -0.39 is 15.9 Å². The number of ether oxygens (including phenoxy) is 1. The number of anilines is 2. The van der Waals surface area contributed by atoms with Gasteiger partial charge in [0.1, 0.15) is 5.75 Å². The van der Waals surface area contributed by atoms with Crippen molar-refractivity contribution in [3.05, 3.63) is 83.4 Å². The third-order valence-electron chi connectivity index (χ3n) is 4.63. The molecule has 9 heteroatoms. The van der Waals surface area contributed by atoms with E-state index in [0.29, 0.717) is 22.7 Å². The molecule has 0 aromatic heterocycles. The minimum absolute atomic E-state index is 0.0740. The first kappa shape index (κ1) is 23.2. The number of amides is 1. The van der Waals surface area contributed by atoms with E-state index in [-0.39, 0.29) is 10.0 Å². The third-order valence-corrected chi connectivity index (χ3v) is 6.21. The zero-order valence-electron chi connectivity index (χ0n) is 17.8. The molecule has 0 saturated heterocycles. The number of para-hydroxylation sites is 1. The third kappa shape index (κ3) is 5.63. The van der Waals surface area contributed by atoms with Crippen LogP contribution in [-0.4, -0.2) is 26.5 Å². The Morgan fingerprint density at radius 1 is 0.969 bits per heavy atom. The Morgan fingerprint density at radius 3 is 2.31 bits per heavy atom. The van der Waals surface area contributed by atoms with Crippen LogP contribution in [0.2, 0.25) is 0 Å². The largest absolute Gasteiger partial charge is 0.496 e. The fourth-order valence-electron chi connectivity index (χ4n) is 3.01. The summed E-state index contributed by atoms with van der Waals surface area (Å²) in [4.78, 5) is 12.5. The molecule has 166 valence electrons. The molecule has 0 fully saturated rings. The van der Waals surface area contributed by atoms with Crippen molar-refractivity contribution in [3.8, 4) is 5.75 Å². The van der Waals surface area contributed by atoms with Gasteiger partial charge in [0.05, 0.1) is 23.3 Å². The van der Waals surface area contributed by atoms with Crippen LogP contribution in [0.5, 0.6) is 5.75 Å². The predicted octanol–water partition coefficient (Wildman–Crippen LogP) is 4.24. The van der Waals surface area contributed by atoms with Gasteiger partial charge >= 0.3 is 0 Å². The van der Waals surface area contributed by atoms with Crippen LogP contribution in [0.4, 0.5) is 11.4 Å². The number of carbonyl (C=O) groups excluding carboxylic acids is 1. The number of nitrogens with one attached hydrogen (secondary N) is 3. The maximum Gasteiger partial charge on any atom is 0.261 e. The van der Waals surface area contributed by atoms with Crippen LogP contribution in [0.15, 0.2) is 71.6 Å². The first-order chi connectivity index (χ1) is 15.2. The van der Waals surface area contributed by atoms with Gasteiger partial charge in [-0.25, -0.2) is 8.42 Å². The van der Waals surface area contributed by atoms with Crippen molar-refractivity contribution in [2.75, 3.05) is 17.1 Å². The van der Waals surface area contributed by atoms with E-state index in [9.17, 15) is 13.2 Å². The van der Waals surface area contributed by atoms with E-state index in [1.54, 1.807) is 42.5 Å². The van der Waals surface area contributed by atoms with Crippen molar-refractivity contribution in [2.24, 2.45) is 0 Å². The fourth-order valence-corrected chi connectivity index (χ4v) is 4.36. The zero-order chi connectivity index (χ0) is 23.3. The molecule has 0 saturated carbocycles. The van der Waals surface area contributed by atoms with Crippen LogP contribution in [0.25, 0.3) is 0 Å². The highest BCUT2D eigenvalue weighted by Gasteiger charge is 2.16. The second kappa shape index (κ2) is 9.80. The number of hydrogen-bond donors (Lipinski definition) is 3. The topological polar surface area (TPSA) is 96.5 Å². The normalized spacial score (nSPS) is 10.8. The second-order valence-electron chi connectivity index (χ2n) is 7.06. The van der Waals surface area contributed by atoms with Crippen molar-refractivity contribution < 1.29 is 17.9 Å². The molecule has 32 heavy (non-hydrogen) atoms. The molecule has 0 heterocycles. The second-order valence-corrected chi connectivity index (χ2v) is 9.15.